The van der Waals surface area contributed by atoms with E-state index in [1.165, 1.54) is 13.5 Å². The molecule has 1 saturated carbocycles. The lowest BCUT2D eigenvalue weighted by molar-refractivity contribution is -0.146. The second-order valence-corrected chi connectivity index (χ2v) is 6.84. The van der Waals surface area contributed by atoms with Gasteiger partial charge in [-0.1, -0.05) is 6.42 Å². The number of urea groups is 1. The maximum Gasteiger partial charge on any atom is 0.338 e. The Hall–Kier alpha value is -2.70. The molecule has 1 aromatic rings. The van der Waals surface area contributed by atoms with Crippen LogP contribution in [-0.2, 0) is 9.53 Å². The van der Waals surface area contributed by atoms with Gasteiger partial charge in [0.1, 0.15) is 17.6 Å². The van der Waals surface area contributed by atoms with Crippen molar-refractivity contribution in [3.63, 3.8) is 0 Å². The molecule has 146 valence electrons. The Kier molecular flexibility index (Phi) is 5.88. The highest BCUT2D eigenvalue weighted by atomic mass is 16.5. The second kappa shape index (κ2) is 8.33. The quantitative estimate of drug-likeness (QED) is 0.773. The molecule has 0 spiro atoms. The normalized spacial score (nSPS) is 20.6. The summed E-state index contributed by atoms with van der Waals surface area (Å²) < 4.78 is 16.4. The smallest absolute Gasteiger partial charge is 0.338 e. The minimum Gasteiger partial charge on any atom is -0.497 e. The monoisotopic (exact) mass is 374 g/mol. The third-order valence-corrected chi connectivity index (χ3v) is 5.07. The molecule has 1 aromatic carbocycles. The van der Waals surface area contributed by atoms with Crippen LogP contribution in [0.5, 0.6) is 11.5 Å². The average molecular weight is 374 g/mol. The highest BCUT2D eigenvalue weighted by Gasteiger charge is 2.35. The number of esters is 1. The largest absolute Gasteiger partial charge is 0.497 e. The van der Waals surface area contributed by atoms with Crippen LogP contribution in [-0.4, -0.2) is 32.3 Å². The van der Waals surface area contributed by atoms with E-state index < -0.39 is 12.0 Å². The van der Waals surface area contributed by atoms with E-state index in [9.17, 15) is 9.59 Å². The summed E-state index contributed by atoms with van der Waals surface area (Å²) in [7, 11) is 3.11. The van der Waals surface area contributed by atoms with Crippen molar-refractivity contribution in [2.24, 2.45) is 0 Å². The Balaban J connectivity index is 1.93. The summed E-state index contributed by atoms with van der Waals surface area (Å²) >= 11 is 0. The number of amides is 2. The van der Waals surface area contributed by atoms with Crippen molar-refractivity contribution in [2.75, 3.05) is 14.2 Å². The third-order valence-electron chi connectivity index (χ3n) is 5.07. The van der Waals surface area contributed by atoms with Crippen LogP contribution in [0.4, 0.5) is 4.79 Å². The molecule has 0 bridgehead atoms. The van der Waals surface area contributed by atoms with Crippen molar-refractivity contribution in [3.05, 3.63) is 35.0 Å². The molecule has 7 nitrogen and oxygen atoms in total. The van der Waals surface area contributed by atoms with Gasteiger partial charge < -0.3 is 24.8 Å². The van der Waals surface area contributed by atoms with Crippen LogP contribution in [0.1, 0.15) is 50.6 Å². The maximum absolute atomic E-state index is 13.0. The van der Waals surface area contributed by atoms with Crippen molar-refractivity contribution in [3.8, 4) is 11.5 Å². The number of carbonyl (C=O) groups is 2. The van der Waals surface area contributed by atoms with Gasteiger partial charge in [-0.15, -0.1) is 0 Å². The Morgan fingerprint density at radius 2 is 1.85 bits per heavy atom. The van der Waals surface area contributed by atoms with E-state index in [2.05, 4.69) is 10.6 Å². The summed E-state index contributed by atoms with van der Waals surface area (Å²) in [6.07, 6.45) is 5.02. The number of methoxy groups -OCH3 is 2. The van der Waals surface area contributed by atoms with Gasteiger partial charge in [-0.3, -0.25) is 0 Å². The summed E-state index contributed by atoms with van der Waals surface area (Å²) in [6.45, 7) is 1.71. The maximum atomic E-state index is 13.0. The van der Waals surface area contributed by atoms with Gasteiger partial charge in [-0.25, -0.2) is 9.59 Å². The fourth-order valence-corrected chi connectivity index (χ4v) is 3.65. The number of allylic oxidation sites excluding steroid dienone is 1. The van der Waals surface area contributed by atoms with Gasteiger partial charge >= 0.3 is 12.0 Å². The summed E-state index contributed by atoms with van der Waals surface area (Å²) in [5, 5.41) is 5.48. The number of ether oxygens (including phenoxy) is 3. The molecule has 3 rings (SSSR count). The van der Waals surface area contributed by atoms with E-state index >= 15 is 0 Å². The third kappa shape index (κ3) is 4.18. The summed E-state index contributed by atoms with van der Waals surface area (Å²) in [5.74, 6) is 0.745. The predicted molar refractivity (Wildman–Crippen MR) is 99.6 cm³/mol. The van der Waals surface area contributed by atoms with E-state index in [1.54, 1.807) is 32.2 Å². The molecule has 2 N–H and O–H groups in total. The second-order valence-electron chi connectivity index (χ2n) is 6.84. The predicted octanol–water partition coefficient (Wildman–Crippen LogP) is 3.21. The van der Waals surface area contributed by atoms with E-state index in [-0.39, 0.29) is 12.1 Å². The molecule has 0 aromatic heterocycles. The number of nitrogens with one attached hydrogen (secondary N) is 2. The molecule has 1 fully saturated rings. The van der Waals surface area contributed by atoms with Crippen LogP contribution in [0.3, 0.4) is 0 Å². The summed E-state index contributed by atoms with van der Waals surface area (Å²) in [4.78, 5) is 25.0. The van der Waals surface area contributed by atoms with Crippen LogP contribution < -0.4 is 20.1 Å². The van der Waals surface area contributed by atoms with E-state index in [0.717, 1.165) is 25.7 Å². The average Bonchev–Trinajstić information content (AvgIpc) is 2.67. The van der Waals surface area contributed by atoms with E-state index in [4.69, 9.17) is 14.2 Å². The van der Waals surface area contributed by atoms with Gasteiger partial charge in [0.05, 0.1) is 25.8 Å². The molecular formula is C20H26N2O5. The first-order chi connectivity index (χ1) is 13.0. The standard InChI is InChI=1S/C20H26N2O5/c1-12-17(19(23)27-13-7-5-4-6-8-13)18(22-20(24)21-12)15-10-9-14(25-2)11-16(15)26-3/h9-11,13,18H,4-8H2,1-3H3,(H2,21,22,24). The SMILES string of the molecule is COc1ccc(C2NC(=O)NC(C)=C2C(=O)OC2CCCCC2)c(OC)c1. The zero-order chi connectivity index (χ0) is 19.4. The van der Waals surface area contributed by atoms with E-state index in [0.29, 0.717) is 28.3 Å². The molecule has 1 heterocycles. The molecule has 7 heteroatoms. The summed E-state index contributed by atoms with van der Waals surface area (Å²) in [6, 6.07) is 4.25. The van der Waals surface area contributed by atoms with Crippen LogP contribution in [0.15, 0.2) is 29.5 Å². The highest BCUT2D eigenvalue weighted by Crippen LogP contribution is 2.36. The first-order valence-corrected chi connectivity index (χ1v) is 9.24. The fraction of sp³-hybridized carbons (Fsp3) is 0.500. The van der Waals surface area contributed by atoms with Gasteiger partial charge in [0.25, 0.3) is 0 Å². The van der Waals surface area contributed by atoms with Gasteiger partial charge in [-0.05, 0) is 44.7 Å². The lowest BCUT2D eigenvalue weighted by Gasteiger charge is -2.30. The molecule has 1 aliphatic heterocycles. The topological polar surface area (TPSA) is 85.9 Å². The lowest BCUT2D eigenvalue weighted by atomic mass is 9.94. The lowest BCUT2D eigenvalue weighted by Crippen LogP contribution is -2.45. The Morgan fingerprint density at radius 3 is 2.52 bits per heavy atom. The molecule has 0 radical (unpaired) electrons. The number of benzene rings is 1. The van der Waals surface area contributed by atoms with Crippen LogP contribution in [0.25, 0.3) is 0 Å². The molecule has 27 heavy (non-hydrogen) atoms. The minimum absolute atomic E-state index is 0.0670. The number of hydrogen-bond acceptors (Lipinski definition) is 5. The van der Waals surface area contributed by atoms with Crippen LogP contribution in [0.2, 0.25) is 0 Å². The van der Waals surface area contributed by atoms with Gasteiger partial charge in [-0.2, -0.15) is 0 Å². The first kappa shape index (κ1) is 19.1. The number of hydrogen-bond donors (Lipinski definition) is 2. The Bertz CT molecular complexity index is 753. The van der Waals surface area contributed by atoms with Crippen molar-refractivity contribution < 1.29 is 23.8 Å². The Labute approximate surface area is 159 Å². The fourth-order valence-electron chi connectivity index (χ4n) is 3.65. The van der Waals surface area contributed by atoms with Gasteiger partial charge in [0.2, 0.25) is 0 Å². The van der Waals surface area contributed by atoms with Crippen LogP contribution in [0, 0.1) is 0 Å². The first-order valence-electron chi connectivity index (χ1n) is 9.24. The molecule has 1 aliphatic carbocycles. The minimum atomic E-state index is -0.657. The van der Waals surface area contributed by atoms with Crippen molar-refractivity contribution in [2.45, 2.75) is 51.2 Å². The molecule has 1 unspecified atom stereocenters. The zero-order valence-electron chi connectivity index (χ0n) is 16.0. The Morgan fingerprint density at radius 1 is 1.11 bits per heavy atom. The van der Waals surface area contributed by atoms with E-state index in [1.807, 2.05) is 0 Å². The molecule has 0 saturated heterocycles. The van der Waals surface area contributed by atoms with Crippen molar-refractivity contribution in [1.29, 1.82) is 0 Å². The summed E-state index contributed by atoms with van der Waals surface area (Å²) in [5.41, 5.74) is 1.55. The van der Waals surface area contributed by atoms with Crippen LogP contribution >= 0.6 is 0 Å². The van der Waals surface area contributed by atoms with Crippen molar-refractivity contribution in [1.82, 2.24) is 10.6 Å². The number of carbonyl (C=O) groups excluding carboxylic acids is 2. The molecule has 1 atom stereocenters. The van der Waals surface area contributed by atoms with Crippen molar-refractivity contribution >= 4 is 12.0 Å². The molecule has 2 amide bonds. The van der Waals surface area contributed by atoms with Gasteiger partial charge in [0, 0.05) is 17.3 Å². The van der Waals surface area contributed by atoms with Gasteiger partial charge in [0.15, 0.2) is 0 Å². The zero-order valence-corrected chi connectivity index (χ0v) is 16.0. The number of rotatable bonds is 5. The highest BCUT2D eigenvalue weighted by molar-refractivity contribution is 5.95. The molecule has 2 aliphatic rings. The molecular weight excluding hydrogens is 348 g/mol.